The number of halogens is 1. The quantitative estimate of drug-likeness (QED) is 0.823. The largest absolute Gasteiger partial charge is 0.384 e. The molecule has 1 aromatic heterocycles. The number of hydrogen-bond donors (Lipinski definition) is 2. The summed E-state index contributed by atoms with van der Waals surface area (Å²) in [6.07, 6.45) is 0. The first-order chi connectivity index (χ1) is 10.1. The lowest BCUT2D eigenvalue weighted by atomic mass is 10.0. The average Bonchev–Trinajstić information content (AvgIpc) is 2.89. The van der Waals surface area contributed by atoms with Crippen LogP contribution in [0.1, 0.15) is 26.4 Å². The molecule has 5 heteroatoms. The van der Waals surface area contributed by atoms with Gasteiger partial charge in [0.1, 0.15) is 6.61 Å². The average molecular weight is 364 g/mol. The van der Waals surface area contributed by atoms with Crippen molar-refractivity contribution in [3.8, 4) is 11.8 Å². The minimum Gasteiger partial charge on any atom is -0.384 e. The summed E-state index contributed by atoms with van der Waals surface area (Å²) in [6.45, 7) is 2.16. The first-order valence-electron chi connectivity index (χ1n) is 6.33. The van der Waals surface area contributed by atoms with Gasteiger partial charge < -0.3 is 10.4 Å². The third-order valence-electron chi connectivity index (χ3n) is 2.98. The lowest BCUT2D eigenvalue weighted by Crippen LogP contribution is -2.23. The van der Waals surface area contributed by atoms with E-state index in [1.807, 2.05) is 24.4 Å². The Hall–Kier alpha value is -1.61. The van der Waals surface area contributed by atoms with Crippen molar-refractivity contribution in [2.45, 2.75) is 13.5 Å². The van der Waals surface area contributed by atoms with Crippen LogP contribution in [0.2, 0.25) is 0 Å². The first kappa shape index (κ1) is 15.8. The fourth-order valence-corrected chi connectivity index (χ4v) is 3.29. The van der Waals surface area contributed by atoms with Crippen LogP contribution in [0, 0.1) is 18.8 Å². The molecule has 2 N–H and O–H groups in total. The Morgan fingerprint density at radius 2 is 2.24 bits per heavy atom. The number of thiophene rings is 1. The number of aliphatic hydroxyl groups is 1. The highest BCUT2D eigenvalue weighted by molar-refractivity contribution is 9.10. The zero-order valence-corrected chi connectivity index (χ0v) is 13.8. The van der Waals surface area contributed by atoms with E-state index in [9.17, 15) is 4.79 Å². The van der Waals surface area contributed by atoms with Crippen molar-refractivity contribution in [3.63, 3.8) is 0 Å². The number of amides is 1. The summed E-state index contributed by atoms with van der Waals surface area (Å²) < 4.78 is 1.01. The maximum atomic E-state index is 12.3. The third kappa shape index (κ3) is 3.94. The van der Waals surface area contributed by atoms with Crippen molar-refractivity contribution in [3.05, 3.63) is 55.7 Å². The molecule has 0 aliphatic heterocycles. The van der Waals surface area contributed by atoms with Crippen molar-refractivity contribution < 1.29 is 9.90 Å². The lowest BCUT2D eigenvalue weighted by Gasteiger charge is -2.08. The van der Waals surface area contributed by atoms with E-state index in [0.717, 1.165) is 20.5 Å². The maximum absolute atomic E-state index is 12.3. The molecule has 0 spiro atoms. The summed E-state index contributed by atoms with van der Waals surface area (Å²) in [5.41, 5.74) is 2.18. The summed E-state index contributed by atoms with van der Waals surface area (Å²) in [7, 11) is 0. The van der Waals surface area contributed by atoms with E-state index in [1.165, 1.54) is 0 Å². The van der Waals surface area contributed by atoms with Gasteiger partial charge in [-0.2, -0.15) is 0 Å². The molecule has 1 heterocycles. The molecule has 2 aromatic rings. The van der Waals surface area contributed by atoms with Crippen LogP contribution in [0.3, 0.4) is 0 Å². The van der Waals surface area contributed by atoms with Gasteiger partial charge in [-0.3, -0.25) is 4.79 Å². The monoisotopic (exact) mass is 363 g/mol. The van der Waals surface area contributed by atoms with Crippen molar-refractivity contribution >= 4 is 33.2 Å². The van der Waals surface area contributed by atoms with Gasteiger partial charge in [0.05, 0.1) is 6.54 Å². The van der Waals surface area contributed by atoms with Crippen LogP contribution >= 0.6 is 27.3 Å². The van der Waals surface area contributed by atoms with E-state index >= 15 is 0 Å². The van der Waals surface area contributed by atoms with E-state index in [-0.39, 0.29) is 12.5 Å². The minimum absolute atomic E-state index is 0.125. The SMILES string of the molecule is Cc1c(C#CCO)cccc1C(=O)NCc1sccc1Br. The summed E-state index contributed by atoms with van der Waals surface area (Å²) >= 11 is 5.04. The van der Waals surface area contributed by atoms with Gasteiger partial charge in [0.15, 0.2) is 0 Å². The van der Waals surface area contributed by atoms with E-state index in [1.54, 1.807) is 23.5 Å². The van der Waals surface area contributed by atoms with Gasteiger partial charge >= 0.3 is 0 Å². The number of nitrogens with one attached hydrogen (secondary N) is 1. The first-order valence-corrected chi connectivity index (χ1v) is 8.00. The van der Waals surface area contributed by atoms with E-state index in [0.29, 0.717) is 12.1 Å². The second kappa shape index (κ2) is 7.41. The lowest BCUT2D eigenvalue weighted by molar-refractivity contribution is 0.0950. The van der Waals surface area contributed by atoms with Crippen molar-refractivity contribution in [1.82, 2.24) is 5.32 Å². The molecule has 1 aromatic carbocycles. The molecule has 0 unspecified atom stereocenters. The fraction of sp³-hybridized carbons (Fsp3) is 0.188. The molecule has 108 valence electrons. The van der Waals surface area contributed by atoms with Gasteiger partial charge in [-0.15, -0.1) is 11.3 Å². The van der Waals surface area contributed by atoms with Gasteiger partial charge in [-0.1, -0.05) is 17.9 Å². The van der Waals surface area contributed by atoms with Crippen LogP contribution in [0.25, 0.3) is 0 Å². The molecular formula is C16H14BrNO2S. The standard InChI is InChI=1S/C16H14BrNO2S/c1-11-12(5-3-8-19)4-2-6-13(11)16(20)18-10-15-14(17)7-9-21-15/h2,4,6-7,9,19H,8,10H2,1H3,(H,18,20). The number of carbonyl (C=O) groups is 1. The molecule has 1 amide bonds. The van der Waals surface area contributed by atoms with Crippen molar-refractivity contribution in [2.24, 2.45) is 0 Å². The maximum Gasteiger partial charge on any atom is 0.251 e. The molecule has 0 aliphatic carbocycles. The predicted octanol–water partition coefficient (Wildman–Crippen LogP) is 3.09. The number of benzene rings is 1. The number of hydrogen-bond acceptors (Lipinski definition) is 3. The Bertz CT molecular complexity index is 713. The zero-order valence-electron chi connectivity index (χ0n) is 11.4. The molecule has 0 saturated carbocycles. The highest BCUT2D eigenvalue weighted by atomic mass is 79.9. The Morgan fingerprint density at radius 1 is 1.43 bits per heavy atom. The summed E-state index contributed by atoms with van der Waals surface area (Å²) in [5, 5.41) is 13.6. The zero-order chi connectivity index (χ0) is 15.2. The summed E-state index contributed by atoms with van der Waals surface area (Å²) in [6, 6.07) is 7.37. The van der Waals surface area contributed by atoms with Gasteiger partial charge in [0.2, 0.25) is 0 Å². The normalized spacial score (nSPS) is 9.86. The van der Waals surface area contributed by atoms with E-state index < -0.39 is 0 Å². The van der Waals surface area contributed by atoms with Crippen LogP contribution in [0.15, 0.2) is 34.1 Å². The number of aliphatic hydroxyl groups excluding tert-OH is 1. The Morgan fingerprint density at radius 3 is 2.90 bits per heavy atom. The highest BCUT2D eigenvalue weighted by Crippen LogP contribution is 2.22. The number of rotatable bonds is 3. The van der Waals surface area contributed by atoms with Crippen molar-refractivity contribution in [2.75, 3.05) is 6.61 Å². The molecule has 0 radical (unpaired) electrons. The predicted molar refractivity (Wildman–Crippen MR) is 88.3 cm³/mol. The third-order valence-corrected chi connectivity index (χ3v) is 4.91. The van der Waals surface area contributed by atoms with Crippen LogP contribution in [0.5, 0.6) is 0 Å². The van der Waals surface area contributed by atoms with Crippen LogP contribution in [-0.2, 0) is 6.54 Å². The highest BCUT2D eigenvalue weighted by Gasteiger charge is 2.11. The fourth-order valence-electron chi connectivity index (χ4n) is 1.86. The topological polar surface area (TPSA) is 49.3 Å². The molecule has 0 atom stereocenters. The number of carbonyl (C=O) groups excluding carboxylic acids is 1. The smallest absolute Gasteiger partial charge is 0.251 e. The van der Waals surface area contributed by atoms with Crippen LogP contribution in [0.4, 0.5) is 0 Å². The van der Waals surface area contributed by atoms with Crippen LogP contribution in [-0.4, -0.2) is 17.6 Å². The molecule has 0 fully saturated rings. The Kier molecular flexibility index (Phi) is 5.57. The summed E-state index contributed by atoms with van der Waals surface area (Å²) in [4.78, 5) is 13.4. The van der Waals surface area contributed by atoms with E-state index in [4.69, 9.17) is 5.11 Å². The van der Waals surface area contributed by atoms with Gasteiger partial charge in [-0.05, 0) is 52.0 Å². The Labute approximate surface area is 136 Å². The second-order valence-corrected chi connectivity index (χ2v) is 6.17. The van der Waals surface area contributed by atoms with Crippen LogP contribution < -0.4 is 5.32 Å². The molecule has 0 aliphatic rings. The molecule has 3 nitrogen and oxygen atoms in total. The van der Waals surface area contributed by atoms with Gasteiger partial charge in [0.25, 0.3) is 5.91 Å². The molecule has 0 bridgehead atoms. The molecule has 0 saturated heterocycles. The van der Waals surface area contributed by atoms with E-state index in [2.05, 4.69) is 33.1 Å². The molecule has 2 rings (SSSR count). The second-order valence-electron chi connectivity index (χ2n) is 4.31. The minimum atomic E-state index is -0.192. The Balaban J connectivity index is 2.14. The van der Waals surface area contributed by atoms with Gasteiger partial charge in [-0.25, -0.2) is 0 Å². The van der Waals surface area contributed by atoms with Gasteiger partial charge in [0, 0.05) is 20.5 Å². The molecular weight excluding hydrogens is 350 g/mol. The molecule has 21 heavy (non-hydrogen) atoms. The summed E-state index contributed by atoms with van der Waals surface area (Å²) in [5.74, 6) is 5.33. The van der Waals surface area contributed by atoms with Crippen molar-refractivity contribution in [1.29, 1.82) is 0 Å².